The summed E-state index contributed by atoms with van der Waals surface area (Å²) < 4.78 is 0. The van der Waals surface area contributed by atoms with E-state index in [-0.39, 0.29) is 5.91 Å². The van der Waals surface area contributed by atoms with Crippen LogP contribution in [-0.4, -0.2) is 57.9 Å². The fourth-order valence-electron chi connectivity index (χ4n) is 4.76. The maximum Gasteiger partial charge on any atom is 0.253 e. The first-order chi connectivity index (χ1) is 15.3. The number of likely N-dealkylation sites (tertiary alicyclic amines) is 2. The van der Waals surface area contributed by atoms with Crippen molar-refractivity contribution in [1.29, 1.82) is 0 Å². The molecule has 2 saturated heterocycles. The standard InChI is InChI=1S/C26H28N4O/c31-26(30-16-12-23(13-17-30)29-14-4-5-15-29)22-10-8-21(9-11-22)25-19-27-18-24(28-25)20-6-2-1-3-7-20/h1-3,6-11,18-19,23H,4-5,12-17H2. The van der Waals surface area contributed by atoms with Crippen LogP contribution >= 0.6 is 0 Å². The molecule has 0 spiro atoms. The van der Waals surface area contributed by atoms with Crippen molar-refractivity contribution in [3.8, 4) is 22.5 Å². The third-order valence-corrected chi connectivity index (χ3v) is 6.54. The lowest BCUT2D eigenvalue weighted by Crippen LogP contribution is -2.45. The van der Waals surface area contributed by atoms with Gasteiger partial charge in [0.25, 0.3) is 5.91 Å². The Balaban J connectivity index is 1.26. The Labute approximate surface area is 183 Å². The van der Waals surface area contributed by atoms with E-state index in [1.165, 1.54) is 25.9 Å². The van der Waals surface area contributed by atoms with Gasteiger partial charge in [0.2, 0.25) is 0 Å². The number of nitrogens with zero attached hydrogens (tertiary/aromatic N) is 4. The molecule has 1 aromatic heterocycles. The van der Waals surface area contributed by atoms with Crippen LogP contribution in [0.3, 0.4) is 0 Å². The van der Waals surface area contributed by atoms with Crippen LogP contribution in [0.2, 0.25) is 0 Å². The van der Waals surface area contributed by atoms with Crippen molar-refractivity contribution in [3.05, 3.63) is 72.6 Å². The molecule has 2 aliphatic rings. The Bertz CT molecular complexity index is 1020. The second kappa shape index (κ2) is 8.98. The smallest absolute Gasteiger partial charge is 0.253 e. The van der Waals surface area contributed by atoms with Crippen molar-refractivity contribution in [2.45, 2.75) is 31.7 Å². The number of carbonyl (C=O) groups excluding carboxylic acids is 1. The van der Waals surface area contributed by atoms with E-state index in [0.29, 0.717) is 6.04 Å². The monoisotopic (exact) mass is 412 g/mol. The first-order valence-corrected chi connectivity index (χ1v) is 11.3. The molecule has 31 heavy (non-hydrogen) atoms. The summed E-state index contributed by atoms with van der Waals surface area (Å²) in [4.78, 5) is 26.8. The van der Waals surface area contributed by atoms with Gasteiger partial charge in [-0.05, 0) is 50.9 Å². The van der Waals surface area contributed by atoms with E-state index in [0.717, 1.165) is 54.0 Å². The number of hydrogen-bond donors (Lipinski definition) is 0. The highest BCUT2D eigenvalue weighted by atomic mass is 16.2. The highest BCUT2D eigenvalue weighted by Gasteiger charge is 2.28. The summed E-state index contributed by atoms with van der Waals surface area (Å²) in [5.74, 6) is 0.135. The number of carbonyl (C=O) groups is 1. The van der Waals surface area contributed by atoms with E-state index in [1.54, 1.807) is 12.4 Å². The maximum atomic E-state index is 13.0. The predicted molar refractivity (Wildman–Crippen MR) is 123 cm³/mol. The zero-order valence-electron chi connectivity index (χ0n) is 17.8. The molecule has 3 aromatic rings. The van der Waals surface area contributed by atoms with Gasteiger partial charge >= 0.3 is 0 Å². The van der Waals surface area contributed by atoms with Crippen LogP contribution in [0.15, 0.2) is 67.0 Å². The predicted octanol–water partition coefficient (Wildman–Crippen LogP) is 4.51. The molecule has 3 heterocycles. The largest absolute Gasteiger partial charge is 0.339 e. The third kappa shape index (κ3) is 4.37. The van der Waals surface area contributed by atoms with Gasteiger partial charge in [0, 0.05) is 35.8 Å². The average Bonchev–Trinajstić information content (AvgIpc) is 3.40. The Kier molecular flexibility index (Phi) is 5.76. The fourth-order valence-corrected chi connectivity index (χ4v) is 4.76. The quantitative estimate of drug-likeness (QED) is 0.633. The molecule has 0 unspecified atom stereocenters. The van der Waals surface area contributed by atoms with E-state index >= 15 is 0 Å². The Morgan fingerprint density at radius 1 is 0.774 bits per heavy atom. The van der Waals surface area contributed by atoms with Crippen LogP contribution in [0.25, 0.3) is 22.5 Å². The molecular formula is C26H28N4O. The molecule has 2 fully saturated rings. The van der Waals surface area contributed by atoms with E-state index in [4.69, 9.17) is 4.98 Å². The minimum Gasteiger partial charge on any atom is -0.339 e. The van der Waals surface area contributed by atoms with Gasteiger partial charge in [-0.2, -0.15) is 0 Å². The fraction of sp³-hybridized carbons (Fsp3) is 0.346. The number of aromatic nitrogens is 2. The molecule has 158 valence electrons. The second-order valence-corrected chi connectivity index (χ2v) is 8.50. The number of benzene rings is 2. The minimum absolute atomic E-state index is 0.135. The third-order valence-electron chi connectivity index (χ3n) is 6.54. The van der Waals surface area contributed by atoms with Crippen molar-refractivity contribution < 1.29 is 4.79 Å². The first-order valence-electron chi connectivity index (χ1n) is 11.3. The molecule has 0 bridgehead atoms. The molecule has 0 aliphatic carbocycles. The van der Waals surface area contributed by atoms with Crippen LogP contribution in [0.4, 0.5) is 0 Å². The van der Waals surface area contributed by atoms with Gasteiger partial charge in [-0.15, -0.1) is 0 Å². The van der Waals surface area contributed by atoms with Gasteiger partial charge in [-0.1, -0.05) is 42.5 Å². The van der Waals surface area contributed by atoms with E-state index in [1.807, 2.05) is 59.5 Å². The number of piperidine rings is 1. The molecular weight excluding hydrogens is 384 g/mol. The summed E-state index contributed by atoms with van der Waals surface area (Å²) in [6, 6.07) is 18.5. The average molecular weight is 413 g/mol. The normalized spacial score (nSPS) is 17.7. The van der Waals surface area contributed by atoms with Gasteiger partial charge in [0.05, 0.1) is 23.8 Å². The Morgan fingerprint density at radius 2 is 1.39 bits per heavy atom. The van der Waals surface area contributed by atoms with Gasteiger partial charge in [0.15, 0.2) is 0 Å². The van der Waals surface area contributed by atoms with E-state index < -0.39 is 0 Å². The lowest BCUT2D eigenvalue weighted by atomic mass is 10.0. The number of rotatable bonds is 4. The first kappa shape index (κ1) is 19.9. The molecule has 2 aliphatic heterocycles. The van der Waals surface area contributed by atoms with E-state index in [2.05, 4.69) is 9.88 Å². The molecule has 5 rings (SSSR count). The van der Waals surface area contributed by atoms with Gasteiger partial charge < -0.3 is 9.80 Å². The van der Waals surface area contributed by atoms with E-state index in [9.17, 15) is 4.79 Å². The molecule has 0 saturated carbocycles. The highest BCUT2D eigenvalue weighted by Crippen LogP contribution is 2.24. The molecule has 5 heteroatoms. The van der Waals surface area contributed by atoms with Gasteiger partial charge in [0.1, 0.15) is 0 Å². The molecule has 1 amide bonds. The SMILES string of the molecule is O=C(c1ccc(-c2cncc(-c3ccccc3)n2)cc1)N1CCC(N2CCCC2)CC1. The lowest BCUT2D eigenvalue weighted by molar-refractivity contribution is 0.0644. The van der Waals surface area contributed by atoms with Crippen molar-refractivity contribution in [1.82, 2.24) is 19.8 Å². The maximum absolute atomic E-state index is 13.0. The molecule has 0 N–H and O–H groups in total. The summed E-state index contributed by atoms with van der Waals surface area (Å²) in [5, 5.41) is 0. The van der Waals surface area contributed by atoms with Crippen LogP contribution in [0.1, 0.15) is 36.0 Å². The summed E-state index contributed by atoms with van der Waals surface area (Å²) in [6.45, 7) is 4.17. The molecule has 0 atom stereocenters. The molecule has 0 radical (unpaired) electrons. The Hall–Kier alpha value is -3.05. The van der Waals surface area contributed by atoms with Crippen molar-refractivity contribution >= 4 is 5.91 Å². The van der Waals surface area contributed by atoms with Crippen LogP contribution in [0.5, 0.6) is 0 Å². The summed E-state index contributed by atoms with van der Waals surface area (Å²) in [7, 11) is 0. The van der Waals surface area contributed by atoms with Gasteiger partial charge in [-0.3, -0.25) is 9.78 Å². The van der Waals surface area contributed by atoms with Crippen molar-refractivity contribution in [3.63, 3.8) is 0 Å². The summed E-state index contributed by atoms with van der Waals surface area (Å²) in [5.41, 5.74) is 4.41. The number of amides is 1. The summed E-state index contributed by atoms with van der Waals surface area (Å²) in [6.07, 6.45) is 8.38. The molecule has 5 nitrogen and oxygen atoms in total. The van der Waals surface area contributed by atoms with Crippen LogP contribution in [0, 0.1) is 0 Å². The lowest BCUT2D eigenvalue weighted by Gasteiger charge is -2.36. The Morgan fingerprint density at radius 3 is 2.03 bits per heavy atom. The topological polar surface area (TPSA) is 49.3 Å². The van der Waals surface area contributed by atoms with Crippen molar-refractivity contribution in [2.75, 3.05) is 26.2 Å². The van der Waals surface area contributed by atoms with Gasteiger partial charge in [-0.25, -0.2) is 4.98 Å². The minimum atomic E-state index is 0.135. The number of hydrogen-bond acceptors (Lipinski definition) is 4. The zero-order valence-corrected chi connectivity index (χ0v) is 17.8. The molecule has 2 aromatic carbocycles. The summed E-state index contributed by atoms with van der Waals surface area (Å²) >= 11 is 0. The van der Waals surface area contributed by atoms with Crippen LogP contribution < -0.4 is 0 Å². The zero-order chi connectivity index (χ0) is 21.0. The highest BCUT2D eigenvalue weighted by molar-refractivity contribution is 5.94. The van der Waals surface area contributed by atoms with Crippen LogP contribution in [-0.2, 0) is 0 Å². The van der Waals surface area contributed by atoms with Crippen molar-refractivity contribution in [2.24, 2.45) is 0 Å². The second-order valence-electron chi connectivity index (χ2n) is 8.50.